The second-order valence-corrected chi connectivity index (χ2v) is 5.70. The van der Waals surface area contributed by atoms with Crippen LogP contribution in [-0.2, 0) is 4.79 Å². The third kappa shape index (κ3) is 2.84. The number of aromatic nitrogens is 1. The van der Waals surface area contributed by atoms with Gasteiger partial charge in [0, 0.05) is 29.5 Å². The summed E-state index contributed by atoms with van der Waals surface area (Å²) in [6.07, 6.45) is 2.10. The van der Waals surface area contributed by atoms with Gasteiger partial charge in [0.25, 0.3) is 0 Å². The van der Waals surface area contributed by atoms with Crippen LogP contribution in [0.1, 0.15) is 25.0 Å². The number of aryl methyl sites for hydroxylation is 1. The average molecular weight is 273 g/mol. The van der Waals surface area contributed by atoms with Crippen molar-refractivity contribution in [3.63, 3.8) is 0 Å². The molecule has 3 nitrogen and oxygen atoms in total. The van der Waals surface area contributed by atoms with Crippen LogP contribution in [0.2, 0.25) is 0 Å². The van der Waals surface area contributed by atoms with Gasteiger partial charge in [-0.15, -0.1) is 11.3 Å². The van der Waals surface area contributed by atoms with E-state index in [4.69, 9.17) is 4.74 Å². The van der Waals surface area contributed by atoms with Gasteiger partial charge in [-0.1, -0.05) is 0 Å². The highest BCUT2D eigenvalue weighted by Gasteiger charge is 2.23. The zero-order chi connectivity index (χ0) is 13.2. The van der Waals surface area contributed by atoms with Crippen molar-refractivity contribution in [3.8, 4) is 16.3 Å². The number of thiazole rings is 1. The smallest absolute Gasteiger partial charge is 0.136 e. The molecule has 0 bridgehead atoms. The van der Waals surface area contributed by atoms with E-state index in [1.54, 1.807) is 11.3 Å². The first-order valence-corrected chi connectivity index (χ1v) is 7.29. The molecule has 98 valence electrons. The molecule has 0 N–H and O–H groups in total. The Labute approximate surface area is 116 Å². The topological polar surface area (TPSA) is 39.2 Å². The minimum absolute atomic E-state index is 0.0560. The van der Waals surface area contributed by atoms with Crippen LogP contribution in [0.5, 0.6) is 5.75 Å². The predicted octanol–water partition coefficient (Wildman–Crippen LogP) is 3.62. The molecule has 19 heavy (non-hydrogen) atoms. The number of Topliss-reactive ketones (excluding diaryl/α,β-unsaturated/α-hetero) is 1. The van der Waals surface area contributed by atoms with Gasteiger partial charge in [0.15, 0.2) is 0 Å². The molecular formula is C15H15NO2S. The van der Waals surface area contributed by atoms with E-state index < -0.39 is 0 Å². The summed E-state index contributed by atoms with van der Waals surface area (Å²) in [5.74, 6) is 1.14. The summed E-state index contributed by atoms with van der Waals surface area (Å²) in [4.78, 5) is 15.7. The number of ether oxygens (including phenoxy) is 1. The minimum Gasteiger partial charge on any atom is -0.490 e. The highest BCUT2D eigenvalue weighted by molar-refractivity contribution is 7.13. The number of hydrogen-bond donors (Lipinski definition) is 0. The summed E-state index contributed by atoms with van der Waals surface area (Å²) in [5.41, 5.74) is 2.15. The van der Waals surface area contributed by atoms with Gasteiger partial charge in [0.05, 0.1) is 0 Å². The summed E-state index contributed by atoms with van der Waals surface area (Å²) in [7, 11) is 0. The van der Waals surface area contributed by atoms with Crippen LogP contribution in [0.4, 0.5) is 0 Å². The molecule has 1 aromatic heterocycles. The van der Waals surface area contributed by atoms with Crippen molar-refractivity contribution < 1.29 is 9.53 Å². The molecule has 1 atom stereocenters. The zero-order valence-corrected chi connectivity index (χ0v) is 11.6. The van der Waals surface area contributed by atoms with Gasteiger partial charge in [0.1, 0.15) is 22.6 Å². The monoisotopic (exact) mass is 273 g/mol. The average Bonchev–Trinajstić information content (AvgIpc) is 3.00. The van der Waals surface area contributed by atoms with Gasteiger partial charge < -0.3 is 4.74 Å². The summed E-state index contributed by atoms with van der Waals surface area (Å²) in [5, 5.41) is 3.07. The molecule has 1 unspecified atom stereocenters. The Morgan fingerprint density at radius 3 is 2.68 bits per heavy atom. The lowest BCUT2D eigenvalue weighted by atomic mass is 10.2. The molecule has 1 aliphatic rings. The van der Waals surface area contributed by atoms with Gasteiger partial charge in [-0.3, -0.25) is 4.79 Å². The minimum atomic E-state index is 0.0560. The van der Waals surface area contributed by atoms with Crippen LogP contribution in [0.15, 0.2) is 29.6 Å². The summed E-state index contributed by atoms with van der Waals surface area (Å²) in [6.45, 7) is 1.99. The Kier molecular flexibility index (Phi) is 3.34. The standard InChI is InChI=1S/C15H15NO2S/c1-10-9-19-15(16-10)11-2-5-13(6-3-11)18-14-7-4-12(17)8-14/h2-3,5-6,9,14H,4,7-8H2,1H3. The van der Waals surface area contributed by atoms with Crippen molar-refractivity contribution in [2.45, 2.75) is 32.3 Å². The number of benzene rings is 1. The van der Waals surface area contributed by atoms with Crippen molar-refractivity contribution >= 4 is 17.1 Å². The molecule has 0 amide bonds. The molecule has 1 fully saturated rings. The fourth-order valence-corrected chi connectivity index (χ4v) is 3.04. The van der Waals surface area contributed by atoms with Crippen LogP contribution < -0.4 is 4.74 Å². The van der Waals surface area contributed by atoms with Gasteiger partial charge >= 0.3 is 0 Å². The number of hydrogen-bond acceptors (Lipinski definition) is 4. The maximum atomic E-state index is 11.2. The van der Waals surface area contributed by atoms with Gasteiger partial charge in [-0.2, -0.15) is 0 Å². The Bertz CT molecular complexity index is 588. The van der Waals surface area contributed by atoms with Gasteiger partial charge in [0.2, 0.25) is 0 Å². The highest BCUT2D eigenvalue weighted by atomic mass is 32.1. The summed E-state index contributed by atoms with van der Waals surface area (Å²) >= 11 is 1.65. The number of ketones is 1. The van der Waals surface area contributed by atoms with E-state index in [0.717, 1.165) is 28.4 Å². The Balaban J connectivity index is 1.70. The first-order valence-electron chi connectivity index (χ1n) is 6.41. The lowest BCUT2D eigenvalue weighted by Gasteiger charge is -2.12. The maximum Gasteiger partial charge on any atom is 0.136 e. The fourth-order valence-electron chi connectivity index (χ4n) is 2.24. The van der Waals surface area contributed by atoms with Crippen LogP contribution in [0.3, 0.4) is 0 Å². The predicted molar refractivity (Wildman–Crippen MR) is 75.6 cm³/mol. The Hall–Kier alpha value is -1.68. The lowest BCUT2D eigenvalue weighted by Crippen LogP contribution is -2.11. The molecule has 0 radical (unpaired) electrons. The van der Waals surface area contributed by atoms with Crippen molar-refractivity contribution in [2.24, 2.45) is 0 Å². The molecule has 0 saturated heterocycles. The Morgan fingerprint density at radius 1 is 1.32 bits per heavy atom. The van der Waals surface area contributed by atoms with Crippen LogP contribution in [-0.4, -0.2) is 16.9 Å². The number of carbonyl (C=O) groups is 1. The normalized spacial score (nSPS) is 18.8. The maximum absolute atomic E-state index is 11.2. The van der Waals surface area contributed by atoms with E-state index in [1.165, 1.54) is 0 Å². The molecule has 1 aliphatic carbocycles. The van der Waals surface area contributed by atoms with Crippen LogP contribution >= 0.6 is 11.3 Å². The number of nitrogens with zero attached hydrogens (tertiary/aromatic N) is 1. The molecule has 1 saturated carbocycles. The van der Waals surface area contributed by atoms with E-state index in [-0.39, 0.29) is 6.10 Å². The molecule has 1 aromatic carbocycles. The van der Waals surface area contributed by atoms with Crippen LogP contribution in [0.25, 0.3) is 10.6 Å². The Morgan fingerprint density at radius 2 is 2.11 bits per heavy atom. The lowest BCUT2D eigenvalue weighted by molar-refractivity contribution is -0.117. The molecule has 1 heterocycles. The van der Waals surface area contributed by atoms with Crippen LogP contribution in [0, 0.1) is 6.92 Å². The molecule has 0 aliphatic heterocycles. The quantitative estimate of drug-likeness (QED) is 0.857. The number of rotatable bonds is 3. The van der Waals surface area contributed by atoms with Crippen molar-refractivity contribution in [1.29, 1.82) is 0 Å². The molecule has 4 heteroatoms. The van der Waals surface area contributed by atoms with Crippen molar-refractivity contribution in [1.82, 2.24) is 4.98 Å². The number of carbonyl (C=O) groups excluding carboxylic acids is 1. The summed E-state index contributed by atoms with van der Waals surface area (Å²) in [6, 6.07) is 7.94. The third-order valence-electron chi connectivity index (χ3n) is 3.22. The second-order valence-electron chi connectivity index (χ2n) is 4.84. The van der Waals surface area contributed by atoms with Crippen molar-refractivity contribution in [2.75, 3.05) is 0 Å². The molecular weight excluding hydrogens is 258 g/mol. The zero-order valence-electron chi connectivity index (χ0n) is 10.8. The fraction of sp³-hybridized carbons (Fsp3) is 0.333. The SMILES string of the molecule is Cc1csc(-c2ccc(OC3CCC(=O)C3)cc2)n1. The molecule has 0 spiro atoms. The summed E-state index contributed by atoms with van der Waals surface area (Å²) < 4.78 is 5.80. The van der Waals surface area contributed by atoms with Gasteiger partial charge in [-0.25, -0.2) is 4.98 Å². The van der Waals surface area contributed by atoms with E-state index in [2.05, 4.69) is 4.98 Å². The largest absolute Gasteiger partial charge is 0.490 e. The molecule has 3 rings (SSSR count). The third-order valence-corrected chi connectivity index (χ3v) is 4.23. The van der Waals surface area contributed by atoms with E-state index >= 15 is 0 Å². The first-order chi connectivity index (χ1) is 9.20. The van der Waals surface area contributed by atoms with E-state index in [0.29, 0.717) is 18.6 Å². The molecule has 2 aromatic rings. The van der Waals surface area contributed by atoms with Gasteiger partial charge in [-0.05, 0) is 37.6 Å². The van der Waals surface area contributed by atoms with E-state index in [1.807, 2.05) is 36.6 Å². The highest BCUT2D eigenvalue weighted by Crippen LogP contribution is 2.27. The second kappa shape index (κ2) is 5.13. The first kappa shape index (κ1) is 12.4. The van der Waals surface area contributed by atoms with E-state index in [9.17, 15) is 4.79 Å². The van der Waals surface area contributed by atoms with Crippen molar-refractivity contribution in [3.05, 3.63) is 35.3 Å².